The van der Waals surface area contributed by atoms with E-state index in [2.05, 4.69) is 10.3 Å². The zero-order valence-electron chi connectivity index (χ0n) is 10.9. The lowest BCUT2D eigenvalue weighted by molar-refractivity contribution is -0.127. The van der Waals surface area contributed by atoms with Crippen molar-refractivity contribution in [3.05, 3.63) is 35.0 Å². The molecule has 6 heteroatoms. The molecular weight excluding hydrogens is 278 g/mol. The van der Waals surface area contributed by atoms with Crippen molar-refractivity contribution in [3.63, 3.8) is 0 Å². The molecule has 0 radical (unpaired) electrons. The molecule has 5 nitrogen and oxygen atoms in total. The van der Waals surface area contributed by atoms with Gasteiger partial charge in [-0.2, -0.15) is 0 Å². The van der Waals surface area contributed by atoms with Gasteiger partial charge in [0.2, 0.25) is 0 Å². The number of hydrogen-bond donors (Lipinski definition) is 2. The molecule has 3 amide bonds. The summed E-state index contributed by atoms with van der Waals surface area (Å²) < 4.78 is 0. The number of carbonyl (C=O) groups excluding carboxylic acids is 2. The number of aromatic amines is 1. The zero-order valence-corrected chi connectivity index (χ0v) is 11.7. The van der Waals surface area contributed by atoms with Gasteiger partial charge < -0.3 is 10.3 Å². The van der Waals surface area contributed by atoms with Crippen molar-refractivity contribution in [3.8, 4) is 0 Å². The van der Waals surface area contributed by atoms with Gasteiger partial charge in [-0.05, 0) is 18.6 Å². The van der Waals surface area contributed by atoms with Crippen LogP contribution in [-0.2, 0) is 11.2 Å². The van der Waals surface area contributed by atoms with E-state index in [9.17, 15) is 9.59 Å². The van der Waals surface area contributed by atoms with Crippen LogP contribution in [0.25, 0.3) is 10.9 Å². The lowest BCUT2D eigenvalue weighted by Gasteiger charge is -2.09. The van der Waals surface area contributed by atoms with Crippen molar-refractivity contribution < 1.29 is 9.59 Å². The standard InChI is InChI=1S/C14H14ClN3O2/c1-2-18-13(19)11(17-14(18)20)6-8-7-16-12-9(8)4-3-5-10(12)15/h3-5,7,11,16H,2,6H2,1H3,(H,17,20). The number of nitrogens with one attached hydrogen (secondary N) is 2. The number of aromatic nitrogens is 1. The number of fused-ring (bicyclic) bond motifs is 1. The molecular formula is C14H14ClN3O2. The second-order valence-corrected chi connectivity index (χ2v) is 5.17. The molecule has 104 valence electrons. The van der Waals surface area contributed by atoms with Gasteiger partial charge in [-0.1, -0.05) is 23.7 Å². The van der Waals surface area contributed by atoms with Crippen molar-refractivity contribution in [1.82, 2.24) is 15.2 Å². The first kappa shape index (κ1) is 13.0. The van der Waals surface area contributed by atoms with Crippen molar-refractivity contribution in [1.29, 1.82) is 0 Å². The van der Waals surface area contributed by atoms with Crippen LogP contribution in [0.1, 0.15) is 12.5 Å². The molecule has 0 aliphatic carbocycles. The van der Waals surface area contributed by atoms with Gasteiger partial charge in [0, 0.05) is 24.5 Å². The maximum Gasteiger partial charge on any atom is 0.324 e. The van der Waals surface area contributed by atoms with E-state index in [1.807, 2.05) is 24.4 Å². The molecule has 1 aromatic carbocycles. The van der Waals surface area contributed by atoms with Gasteiger partial charge in [-0.3, -0.25) is 9.69 Å². The highest BCUT2D eigenvalue weighted by molar-refractivity contribution is 6.35. The van der Waals surface area contributed by atoms with Gasteiger partial charge in [-0.15, -0.1) is 0 Å². The quantitative estimate of drug-likeness (QED) is 0.852. The summed E-state index contributed by atoms with van der Waals surface area (Å²) in [4.78, 5) is 28.1. The Kier molecular flexibility index (Phi) is 3.14. The molecule has 3 rings (SSSR count). The van der Waals surface area contributed by atoms with E-state index in [0.29, 0.717) is 18.0 Å². The molecule has 1 fully saturated rings. The number of para-hydroxylation sites is 1. The fourth-order valence-electron chi connectivity index (χ4n) is 2.58. The van der Waals surface area contributed by atoms with Crippen molar-refractivity contribution in [2.24, 2.45) is 0 Å². The Bertz CT molecular complexity index is 695. The first-order valence-electron chi connectivity index (χ1n) is 6.48. The molecule has 2 N–H and O–H groups in total. The number of likely N-dealkylation sites (N-methyl/N-ethyl adjacent to an activating group) is 1. The van der Waals surface area contributed by atoms with Crippen molar-refractivity contribution >= 4 is 34.4 Å². The number of urea groups is 1. The van der Waals surface area contributed by atoms with Gasteiger partial charge in [-0.25, -0.2) is 4.79 Å². The fourth-order valence-corrected chi connectivity index (χ4v) is 2.81. The number of benzene rings is 1. The minimum absolute atomic E-state index is 0.172. The Balaban J connectivity index is 1.89. The van der Waals surface area contributed by atoms with Crippen LogP contribution in [0.3, 0.4) is 0 Å². The van der Waals surface area contributed by atoms with Crippen LogP contribution in [0, 0.1) is 0 Å². The lowest BCUT2D eigenvalue weighted by atomic mass is 10.1. The third-order valence-electron chi connectivity index (χ3n) is 3.60. The molecule has 0 bridgehead atoms. The Morgan fingerprint density at radius 1 is 1.35 bits per heavy atom. The highest BCUT2D eigenvalue weighted by Crippen LogP contribution is 2.26. The summed E-state index contributed by atoms with van der Waals surface area (Å²) in [6.45, 7) is 2.17. The fraction of sp³-hybridized carbons (Fsp3) is 0.286. The third-order valence-corrected chi connectivity index (χ3v) is 3.91. The number of carbonyl (C=O) groups is 2. The third kappa shape index (κ3) is 1.94. The van der Waals surface area contributed by atoms with Gasteiger partial charge >= 0.3 is 6.03 Å². The van der Waals surface area contributed by atoms with Crippen LogP contribution in [-0.4, -0.2) is 34.4 Å². The van der Waals surface area contributed by atoms with Crippen molar-refractivity contribution in [2.75, 3.05) is 6.54 Å². The minimum Gasteiger partial charge on any atom is -0.360 e. The van der Waals surface area contributed by atoms with E-state index in [-0.39, 0.29) is 11.9 Å². The first-order chi connectivity index (χ1) is 9.61. The monoisotopic (exact) mass is 291 g/mol. The lowest BCUT2D eigenvalue weighted by Crippen LogP contribution is -2.32. The van der Waals surface area contributed by atoms with Gasteiger partial charge in [0.1, 0.15) is 6.04 Å². The average molecular weight is 292 g/mol. The molecule has 1 atom stereocenters. The van der Waals surface area contributed by atoms with Crippen LogP contribution < -0.4 is 5.32 Å². The molecule has 1 aliphatic heterocycles. The number of H-pyrrole nitrogens is 1. The normalized spacial score (nSPS) is 18.9. The molecule has 1 aliphatic rings. The number of halogens is 1. The second kappa shape index (κ2) is 4.83. The topological polar surface area (TPSA) is 65.2 Å². The van der Waals surface area contributed by atoms with Crippen LogP contribution in [0.5, 0.6) is 0 Å². The van der Waals surface area contributed by atoms with Gasteiger partial charge in [0.15, 0.2) is 0 Å². The van der Waals surface area contributed by atoms with E-state index in [4.69, 9.17) is 11.6 Å². The molecule has 0 saturated carbocycles. The molecule has 2 heterocycles. The maximum atomic E-state index is 12.1. The van der Waals surface area contributed by atoms with Crippen LogP contribution in [0.15, 0.2) is 24.4 Å². The molecule has 1 aromatic heterocycles. The summed E-state index contributed by atoms with van der Waals surface area (Å²) >= 11 is 6.11. The van der Waals surface area contributed by atoms with Crippen LogP contribution in [0.2, 0.25) is 5.02 Å². The Hall–Kier alpha value is -2.01. The molecule has 0 spiro atoms. The number of nitrogens with zero attached hydrogens (tertiary/aromatic N) is 1. The molecule has 1 unspecified atom stereocenters. The summed E-state index contributed by atoms with van der Waals surface area (Å²) in [7, 11) is 0. The SMILES string of the molecule is CCN1C(=O)NC(Cc2c[nH]c3c(Cl)cccc23)C1=O. The second-order valence-electron chi connectivity index (χ2n) is 4.77. The smallest absolute Gasteiger partial charge is 0.324 e. The van der Waals surface area contributed by atoms with Gasteiger partial charge in [0.25, 0.3) is 5.91 Å². The van der Waals surface area contributed by atoms with E-state index in [0.717, 1.165) is 16.5 Å². The predicted molar refractivity (Wildman–Crippen MR) is 76.7 cm³/mol. The highest BCUT2D eigenvalue weighted by atomic mass is 35.5. The zero-order chi connectivity index (χ0) is 14.3. The molecule has 2 aromatic rings. The summed E-state index contributed by atoms with van der Waals surface area (Å²) in [6, 6.07) is 4.81. The van der Waals surface area contributed by atoms with Crippen molar-refractivity contribution in [2.45, 2.75) is 19.4 Å². The molecule has 1 saturated heterocycles. The van der Waals surface area contributed by atoms with E-state index >= 15 is 0 Å². The van der Waals surface area contributed by atoms with E-state index in [1.54, 1.807) is 6.92 Å². The van der Waals surface area contributed by atoms with Crippen LogP contribution >= 0.6 is 11.6 Å². The number of rotatable bonds is 3. The minimum atomic E-state index is -0.500. The average Bonchev–Trinajstić information content (AvgIpc) is 2.94. The Labute approximate surface area is 120 Å². The largest absolute Gasteiger partial charge is 0.360 e. The maximum absolute atomic E-state index is 12.1. The number of imide groups is 1. The van der Waals surface area contributed by atoms with Crippen LogP contribution in [0.4, 0.5) is 4.79 Å². The number of hydrogen-bond acceptors (Lipinski definition) is 2. The van der Waals surface area contributed by atoms with E-state index < -0.39 is 6.04 Å². The molecule has 20 heavy (non-hydrogen) atoms. The Morgan fingerprint density at radius 3 is 2.85 bits per heavy atom. The summed E-state index contributed by atoms with van der Waals surface area (Å²) in [5, 5.41) is 4.34. The van der Waals surface area contributed by atoms with E-state index in [1.165, 1.54) is 4.90 Å². The number of amides is 3. The summed E-state index contributed by atoms with van der Waals surface area (Å²) in [5.74, 6) is -0.172. The predicted octanol–water partition coefficient (Wildman–Crippen LogP) is 2.30. The van der Waals surface area contributed by atoms with Gasteiger partial charge in [0.05, 0.1) is 10.5 Å². The summed E-state index contributed by atoms with van der Waals surface area (Å²) in [5.41, 5.74) is 1.83. The Morgan fingerprint density at radius 2 is 2.15 bits per heavy atom. The highest BCUT2D eigenvalue weighted by Gasteiger charge is 2.37. The summed E-state index contributed by atoms with van der Waals surface area (Å²) in [6.07, 6.45) is 2.30. The first-order valence-corrected chi connectivity index (χ1v) is 6.86.